The van der Waals surface area contributed by atoms with Gasteiger partial charge in [0.2, 0.25) is 0 Å². The van der Waals surface area contributed by atoms with Gasteiger partial charge in [-0.1, -0.05) is 23.8 Å². The summed E-state index contributed by atoms with van der Waals surface area (Å²) in [6.07, 6.45) is 0.687. The maximum atomic E-state index is 12.8. The highest BCUT2D eigenvalue weighted by Crippen LogP contribution is 2.46. The molecule has 2 aliphatic rings. The average molecular weight is 324 g/mol. The van der Waals surface area contributed by atoms with Crippen LogP contribution >= 0.6 is 0 Å². The summed E-state index contributed by atoms with van der Waals surface area (Å²) < 4.78 is 11.6. The van der Waals surface area contributed by atoms with Crippen LogP contribution in [-0.2, 0) is 0 Å². The second-order valence-corrected chi connectivity index (χ2v) is 6.56. The van der Waals surface area contributed by atoms with E-state index in [0.717, 1.165) is 22.6 Å². The van der Waals surface area contributed by atoms with Crippen LogP contribution in [0.15, 0.2) is 42.5 Å². The third-order valence-electron chi connectivity index (χ3n) is 4.74. The van der Waals surface area contributed by atoms with E-state index in [2.05, 4.69) is 11.4 Å². The quantitative estimate of drug-likeness (QED) is 0.915. The Bertz CT molecular complexity index is 820. The predicted molar refractivity (Wildman–Crippen MR) is 91.6 cm³/mol. The SMILES string of the molecule is COc1cccc(N2C(=O)N[C@H]3C[C@@]2(C)Oc2ccc(C)cc23)c1. The Morgan fingerprint density at radius 1 is 1.29 bits per heavy atom. The molecular weight excluding hydrogens is 304 g/mol. The number of nitrogens with zero attached hydrogens (tertiary/aromatic N) is 1. The molecule has 2 heterocycles. The van der Waals surface area contributed by atoms with Gasteiger partial charge in [-0.2, -0.15) is 0 Å². The first-order valence-corrected chi connectivity index (χ1v) is 8.04. The first-order chi connectivity index (χ1) is 11.5. The zero-order chi connectivity index (χ0) is 16.9. The van der Waals surface area contributed by atoms with Gasteiger partial charge in [0.15, 0.2) is 5.72 Å². The first kappa shape index (κ1) is 14.9. The highest BCUT2D eigenvalue weighted by molar-refractivity contribution is 5.95. The minimum Gasteiger partial charge on any atom is -0.497 e. The molecule has 124 valence electrons. The van der Waals surface area contributed by atoms with Crippen molar-refractivity contribution in [2.45, 2.75) is 32.0 Å². The van der Waals surface area contributed by atoms with E-state index in [-0.39, 0.29) is 12.1 Å². The molecule has 0 radical (unpaired) electrons. The van der Waals surface area contributed by atoms with E-state index in [0.29, 0.717) is 12.2 Å². The third kappa shape index (κ3) is 2.19. The van der Waals surface area contributed by atoms with E-state index >= 15 is 0 Å². The molecule has 24 heavy (non-hydrogen) atoms. The molecule has 1 saturated heterocycles. The van der Waals surface area contributed by atoms with Crippen LogP contribution in [0.2, 0.25) is 0 Å². The molecule has 5 heteroatoms. The van der Waals surface area contributed by atoms with Crippen LogP contribution in [0.4, 0.5) is 10.5 Å². The van der Waals surface area contributed by atoms with Crippen molar-refractivity contribution in [1.29, 1.82) is 0 Å². The number of aryl methyl sites for hydroxylation is 1. The molecular formula is C19H20N2O3. The first-order valence-electron chi connectivity index (χ1n) is 8.04. The number of anilines is 1. The maximum absolute atomic E-state index is 12.8. The van der Waals surface area contributed by atoms with Crippen LogP contribution in [0, 0.1) is 6.92 Å². The van der Waals surface area contributed by atoms with Crippen molar-refractivity contribution in [3.8, 4) is 11.5 Å². The van der Waals surface area contributed by atoms with E-state index in [4.69, 9.17) is 9.47 Å². The Labute approximate surface area is 141 Å². The Balaban J connectivity index is 1.79. The minimum absolute atomic E-state index is 0.0343. The number of amides is 2. The van der Waals surface area contributed by atoms with Gasteiger partial charge in [0, 0.05) is 18.1 Å². The molecule has 1 fully saturated rings. The number of carbonyl (C=O) groups excluding carboxylic acids is 1. The van der Waals surface area contributed by atoms with Crippen LogP contribution in [0.1, 0.15) is 30.5 Å². The van der Waals surface area contributed by atoms with Gasteiger partial charge < -0.3 is 14.8 Å². The van der Waals surface area contributed by atoms with E-state index in [9.17, 15) is 4.79 Å². The van der Waals surface area contributed by atoms with Crippen molar-refractivity contribution in [3.05, 3.63) is 53.6 Å². The fourth-order valence-electron chi connectivity index (χ4n) is 3.63. The molecule has 4 rings (SSSR count). The summed E-state index contributed by atoms with van der Waals surface area (Å²) in [5, 5.41) is 3.11. The highest BCUT2D eigenvalue weighted by atomic mass is 16.5. The van der Waals surface area contributed by atoms with Crippen molar-refractivity contribution in [3.63, 3.8) is 0 Å². The predicted octanol–water partition coefficient (Wildman–Crippen LogP) is 3.77. The van der Waals surface area contributed by atoms with Crippen molar-refractivity contribution in [2.75, 3.05) is 12.0 Å². The van der Waals surface area contributed by atoms with E-state index in [1.807, 2.05) is 50.2 Å². The number of hydrogen-bond acceptors (Lipinski definition) is 3. The number of urea groups is 1. The molecule has 0 aromatic heterocycles. The van der Waals surface area contributed by atoms with Crippen LogP contribution in [-0.4, -0.2) is 18.9 Å². The number of carbonyl (C=O) groups is 1. The molecule has 0 spiro atoms. The molecule has 0 aliphatic carbocycles. The normalized spacial score (nSPS) is 24.7. The van der Waals surface area contributed by atoms with Gasteiger partial charge in [-0.25, -0.2) is 4.79 Å². The number of benzene rings is 2. The molecule has 2 amide bonds. The Morgan fingerprint density at radius 2 is 2.12 bits per heavy atom. The van der Waals surface area contributed by atoms with Gasteiger partial charge in [0.1, 0.15) is 11.5 Å². The summed E-state index contributed by atoms with van der Waals surface area (Å²) >= 11 is 0. The number of methoxy groups -OCH3 is 1. The number of fused-ring (bicyclic) bond motifs is 4. The number of rotatable bonds is 2. The fourth-order valence-corrected chi connectivity index (χ4v) is 3.63. The number of nitrogens with one attached hydrogen (secondary N) is 1. The number of hydrogen-bond donors (Lipinski definition) is 1. The lowest BCUT2D eigenvalue weighted by Gasteiger charge is -2.50. The van der Waals surface area contributed by atoms with Crippen LogP contribution in [0.5, 0.6) is 11.5 Å². The lowest BCUT2D eigenvalue weighted by molar-refractivity contribution is 0.0378. The molecule has 5 nitrogen and oxygen atoms in total. The largest absolute Gasteiger partial charge is 0.497 e. The second kappa shape index (κ2) is 5.16. The van der Waals surface area contributed by atoms with Crippen molar-refractivity contribution in [1.82, 2.24) is 5.32 Å². The van der Waals surface area contributed by atoms with Gasteiger partial charge >= 0.3 is 6.03 Å². The van der Waals surface area contributed by atoms with Crippen molar-refractivity contribution < 1.29 is 14.3 Å². The minimum atomic E-state index is -0.735. The topological polar surface area (TPSA) is 50.8 Å². The van der Waals surface area contributed by atoms with Gasteiger partial charge in [-0.3, -0.25) is 4.90 Å². The molecule has 0 unspecified atom stereocenters. The average Bonchev–Trinajstić information content (AvgIpc) is 2.55. The summed E-state index contributed by atoms with van der Waals surface area (Å²) in [5.41, 5.74) is 2.22. The van der Waals surface area contributed by atoms with Crippen LogP contribution in [0.3, 0.4) is 0 Å². The summed E-state index contributed by atoms with van der Waals surface area (Å²) in [4.78, 5) is 14.5. The monoisotopic (exact) mass is 324 g/mol. The van der Waals surface area contributed by atoms with Gasteiger partial charge in [0.25, 0.3) is 0 Å². The maximum Gasteiger partial charge on any atom is 0.325 e. The Morgan fingerprint density at radius 3 is 2.92 bits per heavy atom. The zero-order valence-corrected chi connectivity index (χ0v) is 14.0. The second-order valence-electron chi connectivity index (χ2n) is 6.56. The summed E-state index contributed by atoms with van der Waals surface area (Å²) in [7, 11) is 1.61. The summed E-state index contributed by atoms with van der Waals surface area (Å²) in [6, 6.07) is 13.4. The summed E-state index contributed by atoms with van der Waals surface area (Å²) in [6.45, 7) is 4.00. The van der Waals surface area contributed by atoms with E-state index in [1.165, 1.54) is 0 Å². The lowest BCUT2D eigenvalue weighted by Crippen LogP contribution is -2.65. The van der Waals surface area contributed by atoms with Gasteiger partial charge in [-0.05, 0) is 32.0 Å². The Hall–Kier alpha value is -2.69. The molecule has 2 bridgehead atoms. The highest BCUT2D eigenvalue weighted by Gasteiger charge is 2.49. The molecule has 2 aromatic rings. The van der Waals surface area contributed by atoms with Crippen molar-refractivity contribution in [2.24, 2.45) is 0 Å². The lowest BCUT2D eigenvalue weighted by atomic mass is 9.89. The third-order valence-corrected chi connectivity index (χ3v) is 4.74. The van der Waals surface area contributed by atoms with Crippen molar-refractivity contribution >= 4 is 11.7 Å². The zero-order valence-electron chi connectivity index (χ0n) is 14.0. The molecule has 2 atom stereocenters. The molecule has 2 aliphatic heterocycles. The number of ether oxygens (including phenoxy) is 2. The van der Waals surface area contributed by atoms with Crippen LogP contribution < -0.4 is 19.7 Å². The Kier molecular flexibility index (Phi) is 3.20. The van der Waals surface area contributed by atoms with E-state index < -0.39 is 5.72 Å². The van der Waals surface area contributed by atoms with Gasteiger partial charge in [0.05, 0.1) is 18.8 Å². The smallest absolute Gasteiger partial charge is 0.325 e. The molecule has 2 aromatic carbocycles. The standard InChI is InChI=1S/C19H20N2O3/c1-12-7-8-17-15(9-12)16-11-19(2,24-17)21(18(22)20-16)13-5-4-6-14(10-13)23-3/h4-10,16H,11H2,1-3H3,(H,20,22)/t16-,19+/m0/s1. The van der Waals surface area contributed by atoms with Gasteiger partial charge in [-0.15, -0.1) is 0 Å². The summed E-state index contributed by atoms with van der Waals surface area (Å²) in [5.74, 6) is 1.53. The van der Waals surface area contributed by atoms with E-state index in [1.54, 1.807) is 12.0 Å². The fraction of sp³-hybridized carbons (Fsp3) is 0.316. The van der Waals surface area contributed by atoms with Crippen LogP contribution in [0.25, 0.3) is 0 Å². The molecule has 0 saturated carbocycles. The molecule has 1 N–H and O–H groups in total.